The molecule has 0 amide bonds. The second kappa shape index (κ2) is 4.93. The highest BCUT2D eigenvalue weighted by molar-refractivity contribution is 9.13. The lowest BCUT2D eigenvalue weighted by molar-refractivity contribution is 0.103. The Kier molecular flexibility index (Phi) is 3.56. The zero-order valence-electron chi connectivity index (χ0n) is 8.28. The van der Waals surface area contributed by atoms with Gasteiger partial charge in [0, 0.05) is 20.1 Å². The molecule has 0 fully saturated rings. The molecule has 0 heterocycles. The normalized spacial score (nSPS) is 10.1. The highest BCUT2D eigenvalue weighted by atomic mass is 79.9. The van der Waals surface area contributed by atoms with Gasteiger partial charge in [0.15, 0.2) is 5.78 Å². The minimum absolute atomic E-state index is 0.0359. The molecule has 0 aromatic heterocycles. The molecule has 80 valence electrons. The topological polar surface area (TPSA) is 17.1 Å². The molecule has 0 spiro atoms. The van der Waals surface area contributed by atoms with E-state index >= 15 is 0 Å². The van der Waals surface area contributed by atoms with Crippen molar-refractivity contribution in [2.24, 2.45) is 0 Å². The molecule has 0 N–H and O–H groups in total. The third kappa shape index (κ3) is 2.42. The van der Waals surface area contributed by atoms with Gasteiger partial charge in [-0.1, -0.05) is 30.3 Å². The monoisotopic (exact) mass is 338 g/mol. The van der Waals surface area contributed by atoms with Crippen LogP contribution < -0.4 is 0 Å². The zero-order valence-corrected chi connectivity index (χ0v) is 11.5. The van der Waals surface area contributed by atoms with Crippen molar-refractivity contribution in [1.29, 1.82) is 0 Å². The number of benzene rings is 2. The van der Waals surface area contributed by atoms with Crippen molar-refractivity contribution >= 4 is 37.6 Å². The summed E-state index contributed by atoms with van der Waals surface area (Å²) in [4.78, 5) is 12.1. The first kappa shape index (κ1) is 11.6. The molecule has 0 aliphatic rings. The summed E-state index contributed by atoms with van der Waals surface area (Å²) in [6, 6.07) is 14.7. The lowest BCUT2D eigenvalue weighted by atomic mass is 10.0. The first-order chi connectivity index (χ1) is 7.68. The van der Waals surface area contributed by atoms with Crippen molar-refractivity contribution in [1.82, 2.24) is 0 Å². The Morgan fingerprint density at radius 1 is 0.812 bits per heavy atom. The minimum Gasteiger partial charge on any atom is -0.289 e. The van der Waals surface area contributed by atoms with Gasteiger partial charge in [-0.3, -0.25) is 4.79 Å². The van der Waals surface area contributed by atoms with E-state index in [1.807, 2.05) is 48.5 Å². The molecule has 2 aromatic carbocycles. The number of hydrogen-bond acceptors (Lipinski definition) is 1. The summed E-state index contributed by atoms with van der Waals surface area (Å²) in [5.41, 5.74) is 1.39. The van der Waals surface area contributed by atoms with Gasteiger partial charge in [-0.25, -0.2) is 0 Å². The molecular weight excluding hydrogens is 332 g/mol. The van der Waals surface area contributed by atoms with E-state index in [-0.39, 0.29) is 5.78 Å². The van der Waals surface area contributed by atoms with Crippen LogP contribution in [-0.2, 0) is 0 Å². The standard InChI is InChI=1S/C13H8Br2O/c14-11-7-6-10(8-12(11)15)13(16)9-4-2-1-3-5-9/h1-8H. The lowest BCUT2D eigenvalue weighted by Crippen LogP contribution is -2.00. The third-order valence-corrected chi connectivity index (χ3v) is 4.10. The number of carbonyl (C=O) groups excluding carboxylic acids is 1. The minimum atomic E-state index is 0.0359. The quantitative estimate of drug-likeness (QED) is 0.739. The van der Waals surface area contributed by atoms with E-state index < -0.39 is 0 Å². The molecule has 0 radical (unpaired) electrons. The molecule has 0 saturated carbocycles. The fraction of sp³-hybridized carbons (Fsp3) is 0. The maximum Gasteiger partial charge on any atom is 0.193 e. The van der Waals surface area contributed by atoms with Crippen LogP contribution in [0.1, 0.15) is 15.9 Å². The number of carbonyl (C=O) groups is 1. The Balaban J connectivity index is 2.39. The lowest BCUT2D eigenvalue weighted by Gasteiger charge is -2.02. The molecule has 0 saturated heterocycles. The summed E-state index contributed by atoms with van der Waals surface area (Å²) >= 11 is 6.76. The van der Waals surface area contributed by atoms with Crippen LogP contribution in [-0.4, -0.2) is 5.78 Å². The van der Waals surface area contributed by atoms with Gasteiger partial charge in [-0.2, -0.15) is 0 Å². The second-order valence-electron chi connectivity index (χ2n) is 3.32. The molecule has 0 atom stereocenters. The summed E-state index contributed by atoms with van der Waals surface area (Å²) < 4.78 is 1.83. The third-order valence-electron chi connectivity index (χ3n) is 2.22. The predicted octanol–water partition coefficient (Wildman–Crippen LogP) is 4.44. The van der Waals surface area contributed by atoms with Gasteiger partial charge < -0.3 is 0 Å². The summed E-state index contributed by atoms with van der Waals surface area (Å²) in [7, 11) is 0. The van der Waals surface area contributed by atoms with Crippen molar-refractivity contribution in [2.45, 2.75) is 0 Å². The van der Waals surface area contributed by atoms with Gasteiger partial charge >= 0.3 is 0 Å². The Morgan fingerprint density at radius 3 is 2.12 bits per heavy atom. The maximum atomic E-state index is 12.1. The Hall–Kier alpha value is -0.930. The summed E-state index contributed by atoms with van der Waals surface area (Å²) in [6.07, 6.45) is 0. The Morgan fingerprint density at radius 2 is 1.50 bits per heavy atom. The smallest absolute Gasteiger partial charge is 0.193 e. The van der Waals surface area contributed by atoms with Gasteiger partial charge in [0.05, 0.1) is 0 Å². The fourth-order valence-corrected chi connectivity index (χ4v) is 2.02. The van der Waals surface area contributed by atoms with Crippen molar-refractivity contribution < 1.29 is 4.79 Å². The zero-order chi connectivity index (χ0) is 11.5. The number of halogens is 2. The average molecular weight is 340 g/mol. The summed E-state index contributed by atoms with van der Waals surface area (Å²) in [5.74, 6) is 0.0359. The number of ketones is 1. The molecule has 0 bridgehead atoms. The van der Waals surface area contributed by atoms with Gasteiger partial charge in [0.25, 0.3) is 0 Å². The molecule has 0 unspecified atom stereocenters. The second-order valence-corrected chi connectivity index (χ2v) is 5.03. The summed E-state index contributed by atoms with van der Waals surface area (Å²) in [5, 5.41) is 0. The van der Waals surface area contributed by atoms with Crippen LogP contribution in [0.4, 0.5) is 0 Å². The van der Waals surface area contributed by atoms with Gasteiger partial charge in [-0.15, -0.1) is 0 Å². The number of rotatable bonds is 2. The van der Waals surface area contributed by atoms with Crippen LogP contribution in [0, 0.1) is 0 Å². The molecule has 2 rings (SSSR count). The molecule has 16 heavy (non-hydrogen) atoms. The van der Waals surface area contributed by atoms with Crippen molar-refractivity contribution in [3.8, 4) is 0 Å². The maximum absolute atomic E-state index is 12.1. The van der Waals surface area contributed by atoms with E-state index in [0.29, 0.717) is 11.1 Å². The number of hydrogen-bond donors (Lipinski definition) is 0. The predicted molar refractivity (Wildman–Crippen MR) is 71.7 cm³/mol. The van der Waals surface area contributed by atoms with Crippen LogP contribution in [0.25, 0.3) is 0 Å². The van der Waals surface area contributed by atoms with Crippen LogP contribution in [0.3, 0.4) is 0 Å². The van der Waals surface area contributed by atoms with E-state index in [9.17, 15) is 4.79 Å². The first-order valence-corrected chi connectivity index (χ1v) is 6.32. The van der Waals surface area contributed by atoms with Crippen LogP contribution in [0.2, 0.25) is 0 Å². The fourth-order valence-electron chi connectivity index (χ4n) is 1.39. The molecule has 0 aliphatic heterocycles. The molecule has 3 heteroatoms. The first-order valence-electron chi connectivity index (χ1n) is 4.73. The largest absolute Gasteiger partial charge is 0.289 e. The molecule has 2 aromatic rings. The van der Waals surface area contributed by atoms with E-state index in [1.54, 1.807) is 0 Å². The highest BCUT2D eigenvalue weighted by Gasteiger charge is 2.09. The molecule has 1 nitrogen and oxygen atoms in total. The Bertz CT molecular complexity index is 521. The SMILES string of the molecule is O=C(c1ccccc1)c1ccc(Br)c(Br)c1. The molecular formula is C13H8Br2O. The van der Waals surface area contributed by atoms with Gasteiger partial charge in [0.2, 0.25) is 0 Å². The van der Waals surface area contributed by atoms with Crippen molar-refractivity contribution in [3.05, 3.63) is 68.6 Å². The van der Waals surface area contributed by atoms with Crippen molar-refractivity contribution in [2.75, 3.05) is 0 Å². The molecule has 0 aliphatic carbocycles. The van der Waals surface area contributed by atoms with Crippen LogP contribution >= 0.6 is 31.9 Å². The highest BCUT2D eigenvalue weighted by Crippen LogP contribution is 2.24. The van der Waals surface area contributed by atoms with Gasteiger partial charge in [-0.05, 0) is 50.1 Å². The van der Waals surface area contributed by atoms with Gasteiger partial charge in [0.1, 0.15) is 0 Å². The summed E-state index contributed by atoms with van der Waals surface area (Å²) in [6.45, 7) is 0. The Labute approximate surface area is 111 Å². The van der Waals surface area contributed by atoms with Crippen molar-refractivity contribution in [3.63, 3.8) is 0 Å². The average Bonchev–Trinajstić information content (AvgIpc) is 2.33. The van der Waals surface area contributed by atoms with E-state index in [4.69, 9.17) is 0 Å². The van der Waals surface area contributed by atoms with Crippen LogP contribution in [0.15, 0.2) is 57.5 Å². The van der Waals surface area contributed by atoms with E-state index in [1.165, 1.54) is 0 Å². The van der Waals surface area contributed by atoms with Crippen LogP contribution in [0.5, 0.6) is 0 Å². The van der Waals surface area contributed by atoms with E-state index in [2.05, 4.69) is 31.9 Å². The van der Waals surface area contributed by atoms with E-state index in [0.717, 1.165) is 8.95 Å².